The summed E-state index contributed by atoms with van der Waals surface area (Å²) in [6, 6.07) is 9.86. The molecular formula is C19H13BrN6OS2. The molecule has 0 saturated heterocycles. The van der Waals surface area contributed by atoms with E-state index in [1.807, 2.05) is 34.3 Å². The second-order valence-corrected chi connectivity index (χ2v) is 8.93. The minimum absolute atomic E-state index is 0.250. The molecule has 4 heterocycles. The first-order chi connectivity index (χ1) is 14.1. The van der Waals surface area contributed by atoms with Gasteiger partial charge in [0.15, 0.2) is 0 Å². The molecule has 0 aliphatic rings. The van der Waals surface area contributed by atoms with Gasteiger partial charge in [-0.05, 0) is 39.5 Å². The van der Waals surface area contributed by atoms with Crippen molar-refractivity contribution in [3.63, 3.8) is 0 Å². The molecule has 0 bridgehead atoms. The van der Waals surface area contributed by atoms with Gasteiger partial charge >= 0.3 is 0 Å². The summed E-state index contributed by atoms with van der Waals surface area (Å²) in [4.78, 5) is 22.4. The van der Waals surface area contributed by atoms with Crippen LogP contribution in [0.5, 0.6) is 0 Å². The Morgan fingerprint density at radius 1 is 1.21 bits per heavy atom. The highest BCUT2D eigenvalue weighted by Gasteiger charge is 2.19. The highest BCUT2D eigenvalue weighted by Crippen LogP contribution is 2.33. The van der Waals surface area contributed by atoms with Crippen LogP contribution in [0.25, 0.3) is 21.1 Å². The fourth-order valence-corrected chi connectivity index (χ4v) is 5.37. The average molecular weight is 485 g/mol. The minimum Gasteiger partial charge on any atom is -0.382 e. The molecule has 1 aromatic carbocycles. The largest absolute Gasteiger partial charge is 0.382 e. The van der Waals surface area contributed by atoms with Gasteiger partial charge in [0.2, 0.25) is 0 Å². The number of amides is 1. The van der Waals surface area contributed by atoms with Gasteiger partial charge in [0.1, 0.15) is 16.7 Å². The normalized spacial score (nSPS) is 11.3. The van der Waals surface area contributed by atoms with E-state index in [2.05, 4.69) is 42.4 Å². The number of aromatic nitrogens is 4. The third-order valence-corrected chi connectivity index (χ3v) is 6.90. The summed E-state index contributed by atoms with van der Waals surface area (Å²) < 4.78 is 3.32. The lowest BCUT2D eigenvalue weighted by Gasteiger charge is -2.07. The number of fused-ring (bicyclic) bond motifs is 2. The fraction of sp³-hybridized carbons (Fsp3) is 0.0526. The number of thiophene rings is 2. The van der Waals surface area contributed by atoms with Gasteiger partial charge in [0.05, 0.1) is 38.9 Å². The van der Waals surface area contributed by atoms with Crippen molar-refractivity contribution in [1.82, 2.24) is 19.7 Å². The van der Waals surface area contributed by atoms with E-state index in [1.165, 1.54) is 22.5 Å². The van der Waals surface area contributed by atoms with Crippen molar-refractivity contribution in [1.29, 1.82) is 0 Å². The van der Waals surface area contributed by atoms with Crippen LogP contribution in [0.2, 0.25) is 0 Å². The van der Waals surface area contributed by atoms with Crippen LogP contribution in [-0.2, 0) is 6.54 Å². The molecule has 0 radical (unpaired) electrons. The molecule has 0 saturated carbocycles. The molecular weight excluding hydrogens is 472 g/mol. The Morgan fingerprint density at radius 3 is 2.93 bits per heavy atom. The van der Waals surface area contributed by atoms with Crippen LogP contribution in [0.15, 0.2) is 52.0 Å². The van der Waals surface area contributed by atoms with Crippen LogP contribution < -0.4 is 11.1 Å². The Bertz CT molecular complexity index is 1360. The van der Waals surface area contributed by atoms with Crippen molar-refractivity contribution in [3.05, 3.63) is 62.5 Å². The number of nitrogens with one attached hydrogen (secondary N) is 1. The highest BCUT2D eigenvalue weighted by molar-refractivity contribution is 9.10. The second-order valence-electron chi connectivity index (χ2n) is 6.27. The monoisotopic (exact) mass is 484 g/mol. The topological polar surface area (TPSA) is 98.7 Å². The van der Waals surface area contributed by atoms with Gasteiger partial charge in [-0.2, -0.15) is 5.10 Å². The van der Waals surface area contributed by atoms with Gasteiger partial charge in [-0.15, -0.1) is 22.7 Å². The predicted octanol–water partition coefficient (Wildman–Crippen LogP) is 4.75. The third-order valence-electron chi connectivity index (χ3n) is 4.49. The summed E-state index contributed by atoms with van der Waals surface area (Å²) in [6.07, 6.45) is 1.37. The lowest BCUT2D eigenvalue weighted by Crippen LogP contribution is -2.12. The number of nitrogen functional groups attached to an aromatic ring is 1. The maximum atomic E-state index is 13.0. The molecule has 7 nitrogen and oxygen atoms in total. The van der Waals surface area contributed by atoms with Crippen LogP contribution in [-0.4, -0.2) is 25.7 Å². The lowest BCUT2D eigenvalue weighted by atomic mass is 10.2. The molecule has 5 rings (SSSR count). The summed E-state index contributed by atoms with van der Waals surface area (Å²) in [5, 5.41) is 12.3. The summed E-state index contributed by atoms with van der Waals surface area (Å²) >= 11 is 6.59. The summed E-state index contributed by atoms with van der Waals surface area (Å²) in [7, 11) is 0. The number of carbonyl (C=O) groups excluding carboxylic acids is 1. The SMILES string of the molecule is Nc1ncnc2c(C(=O)Nc3cccc4c3c(Br)nn4Cc3cccs3)csc12. The smallest absolute Gasteiger partial charge is 0.258 e. The number of hydrogen-bond donors (Lipinski definition) is 2. The summed E-state index contributed by atoms with van der Waals surface area (Å²) in [5.74, 6) is 0.124. The molecule has 5 aromatic rings. The standard InChI is InChI=1S/C19H13BrN6OS2/c20-17-14-12(4-1-5-13(14)26(25-17)7-10-3-2-6-28-10)24-19(27)11-8-29-16-15(11)22-9-23-18(16)21/h1-6,8-9H,7H2,(H,24,27)(H2,21,22,23). The van der Waals surface area contributed by atoms with E-state index in [1.54, 1.807) is 16.7 Å². The van der Waals surface area contributed by atoms with Crippen LogP contribution in [0.1, 0.15) is 15.2 Å². The maximum Gasteiger partial charge on any atom is 0.258 e. The number of halogens is 1. The molecule has 0 atom stereocenters. The minimum atomic E-state index is -0.250. The molecule has 29 heavy (non-hydrogen) atoms. The number of benzene rings is 1. The van der Waals surface area contributed by atoms with Crippen molar-refractivity contribution in [2.24, 2.45) is 0 Å². The summed E-state index contributed by atoms with van der Waals surface area (Å²) in [5.41, 5.74) is 8.53. The molecule has 10 heteroatoms. The number of hydrogen-bond acceptors (Lipinski definition) is 7. The number of rotatable bonds is 4. The van der Waals surface area contributed by atoms with Crippen molar-refractivity contribution in [3.8, 4) is 0 Å². The molecule has 1 amide bonds. The highest BCUT2D eigenvalue weighted by atomic mass is 79.9. The van der Waals surface area contributed by atoms with Crippen LogP contribution in [0.4, 0.5) is 11.5 Å². The first-order valence-corrected chi connectivity index (χ1v) is 11.1. The van der Waals surface area contributed by atoms with Gasteiger partial charge in [0, 0.05) is 10.3 Å². The third kappa shape index (κ3) is 3.18. The van der Waals surface area contributed by atoms with Crippen LogP contribution in [0.3, 0.4) is 0 Å². The zero-order valence-corrected chi connectivity index (χ0v) is 18.0. The van der Waals surface area contributed by atoms with Crippen molar-refractivity contribution < 1.29 is 4.79 Å². The molecule has 0 unspecified atom stereocenters. The molecule has 0 spiro atoms. The molecule has 0 aliphatic carbocycles. The zero-order chi connectivity index (χ0) is 20.0. The molecule has 4 aromatic heterocycles. The number of carbonyl (C=O) groups is 1. The Hall–Kier alpha value is -2.82. The van der Waals surface area contributed by atoms with E-state index in [9.17, 15) is 4.79 Å². The van der Waals surface area contributed by atoms with Crippen molar-refractivity contribution >= 4 is 77.1 Å². The van der Waals surface area contributed by atoms with Gasteiger partial charge in [0.25, 0.3) is 5.91 Å². The Morgan fingerprint density at radius 2 is 2.10 bits per heavy atom. The van der Waals surface area contributed by atoms with Crippen molar-refractivity contribution in [2.75, 3.05) is 11.1 Å². The number of nitrogens with zero attached hydrogens (tertiary/aromatic N) is 4. The Kier molecular flexibility index (Phi) is 4.53. The lowest BCUT2D eigenvalue weighted by molar-refractivity contribution is 0.102. The van der Waals surface area contributed by atoms with E-state index in [0.29, 0.717) is 38.4 Å². The van der Waals surface area contributed by atoms with E-state index < -0.39 is 0 Å². The average Bonchev–Trinajstić information content (AvgIpc) is 3.43. The van der Waals surface area contributed by atoms with Gasteiger partial charge in [-0.1, -0.05) is 12.1 Å². The summed E-state index contributed by atoms with van der Waals surface area (Å²) in [6.45, 7) is 0.669. The Labute approximate surface area is 181 Å². The molecule has 144 valence electrons. The first-order valence-electron chi connectivity index (χ1n) is 8.58. The molecule has 3 N–H and O–H groups in total. The quantitative estimate of drug-likeness (QED) is 0.383. The van der Waals surface area contributed by atoms with Crippen molar-refractivity contribution in [2.45, 2.75) is 6.54 Å². The predicted molar refractivity (Wildman–Crippen MR) is 121 cm³/mol. The second kappa shape index (κ2) is 7.21. The first kappa shape index (κ1) is 18.2. The van der Waals surface area contributed by atoms with Crippen LogP contribution >= 0.6 is 38.6 Å². The zero-order valence-electron chi connectivity index (χ0n) is 14.8. The Balaban J connectivity index is 1.52. The maximum absolute atomic E-state index is 13.0. The van der Waals surface area contributed by atoms with E-state index in [4.69, 9.17) is 5.73 Å². The van der Waals surface area contributed by atoms with E-state index >= 15 is 0 Å². The van der Waals surface area contributed by atoms with Gasteiger partial charge in [-0.25, -0.2) is 9.97 Å². The van der Waals surface area contributed by atoms with Gasteiger partial charge in [-0.3, -0.25) is 9.48 Å². The number of anilines is 2. The van der Waals surface area contributed by atoms with E-state index in [0.717, 1.165) is 10.9 Å². The fourth-order valence-electron chi connectivity index (χ4n) is 3.18. The van der Waals surface area contributed by atoms with Gasteiger partial charge < -0.3 is 11.1 Å². The molecule has 0 fully saturated rings. The van der Waals surface area contributed by atoms with Crippen LogP contribution in [0, 0.1) is 0 Å². The molecule has 0 aliphatic heterocycles. The van der Waals surface area contributed by atoms with E-state index in [-0.39, 0.29) is 5.91 Å². The number of nitrogens with two attached hydrogens (primary N) is 1.